The average Bonchev–Trinajstić information content (AvgIpc) is 3.16. The van der Waals surface area contributed by atoms with Gasteiger partial charge >= 0.3 is 88.7 Å². The molecule has 314 valence electrons. The predicted octanol–water partition coefficient (Wildman–Crippen LogP) is -3.66. The number of nitrogens with two attached hydrogens (primary N) is 3. The summed E-state index contributed by atoms with van der Waals surface area (Å²) in [5.41, 5.74) is 18.1. The van der Waals surface area contributed by atoms with E-state index in [1.165, 1.54) is 67.6 Å². The summed E-state index contributed by atoms with van der Waals surface area (Å²) in [6.07, 6.45) is 0.595. The number of anilines is 7. The molecule has 5 aromatic carbocycles. The number of azo groups is 2. The third-order valence-corrected chi connectivity index (χ3v) is 10.9. The standard InChI is InChI=1S/C36H31N11O11S3.3Na/c1-18(48)40-21-3-7-24(8-4-21)43-47-35-31(61(56,57)58)15-19-14-30(60(53,54)55)34(33(39)32(19)36(35)49)46-44-25-11-13-28(29(17-25)59(50,51)52)41-22-5-9-23(10-6-22)42-45-27-12-2-20(37)16-26(27)38;;;/h2-17,41,43H,37-39H2,1H3,(H,40,48)(H,50,51,52)(H,53,54,55)(H,56,57,58);;;/q;3*+1/p-3/b45-42?,46-44?,47-35+;;;. The molecule has 1 aliphatic rings. The van der Waals surface area contributed by atoms with E-state index in [-0.39, 0.29) is 112 Å². The SMILES string of the molecule is CC(=O)Nc1ccc(N/N=C2/C(=O)c3c(cc(S(=O)(=O)[O-])c(N=Nc4ccc(Nc5ccc(N=Nc6ccc(N)cc6N)cc5)c(S(=O)(=O)[O-])c4)c3N)C=C2S(=O)(=O)[O-])cc1.[Na+].[Na+].[Na+]. The molecular weight excluding hydrogens is 928 g/mol. The number of hydrogen-bond acceptors (Lipinski definition) is 21. The number of nitrogens with one attached hydrogen (secondary N) is 3. The maximum atomic E-state index is 13.8. The fourth-order valence-corrected chi connectivity index (χ4v) is 7.53. The van der Waals surface area contributed by atoms with Crippen molar-refractivity contribution in [2.75, 3.05) is 33.3 Å². The fourth-order valence-electron chi connectivity index (χ4n) is 5.57. The molecule has 0 saturated heterocycles. The first kappa shape index (κ1) is 53.9. The number of ketones is 1. The van der Waals surface area contributed by atoms with Crippen LogP contribution >= 0.6 is 0 Å². The number of hydrazone groups is 1. The molecule has 28 heteroatoms. The van der Waals surface area contributed by atoms with E-state index in [2.05, 4.69) is 41.6 Å². The van der Waals surface area contributed by atoms with Crippen LogP contribution in [0.4, 0.5) is 62.6 Å². The van der Waals surface area contributed by atoms with Crippen LogP contribution in [0.1, 0.15) is 22.8 Å². The summed E-state index contributed by atoms with van der Waals surface area (Å²) in [7, 11) is -16.2. The molecule has 0 aromatic heterocycles. The number of fused-ring (bicyclic) bond motifs is 1. The Labute approximate surface area is 431 Å². The van der Waals surface area contributed by atoms with Crippen molar-refractivity contribution in [1.82, 2.24) is 0 Å². The molecule has 22 nitrogen and oxygen atoms in total. The van der Waals surface area contributed by atoms with E-state index in [9.17, 15) is 48.5 Å². The minimum atomic E-state index is -5.53. The molecule has 1 aliphatic carbocycles. The summed E-state index contributed by atoms with van der Waals surface area (Å²) < 4.78 is 111. The van der Waals surface area contributed by atoms with Gasteiger partial charge in [0, 0.05) is 24.0 Å². The van der Waals surface area contributed by atoms with E-state index < -0.39 is 79.0 Å². The molecule has 0 aliphatic heterocycles. The van der Waals surface area contributed by atoms with E-state index in [0.29, 0.717) is 46.3 Å². The summed E-state index contributed by atoms with van der Waals surface area (Å²) in [4.78, 5) is 21.9. The summed E-state index contributed by atoms with van der Waals surface area (Å²) in [6, 6.07) is 20.1. The third kappa shape index (κ3) is 13.1. The van der Waals surface area contributed by atoms with Crippen LogP contribution in [0.2, 0.25) is 0 Å². The van der Waals surface area contributed by atoms with Gasteiger partial charge in [-0.15, -0.1) is 10.2 Å². The molecular formula is C36H28N11Na3O11S3. The summed E-state index contributed by atoms with van der Waals surface area (Å²) in [6.45, 7) is 1.28. The van der Waals surface area contributed by atoms with Crippen molar-refractivity contribution in [3.63, 3.8) is 0 Å². The largest absolute Gasteiger partial charge is 1.00 e. The first-order valence-electron chi connectivity index (χ1n) is 16.9. The van der Waals surface area contributed by atoms with Crippen LogP contribution < -0.4 is 122 Å². The molecule has 64 heavy (non-hydrogen) atoms. The van der Waals surface area contributed by atoms with Crippen LogP contribution in [0, 0.1) is 0 Å². The minimum absolute atomic E-state index is 0. The summed E-state index contributed by atoms with van der Waals surface area (Å²) in [5.74, 6) is -1.67. The maximum absolute atomic E-state index is 13.8. The molecule has 0 heterocycles. The number of Topliss-reactive ketones (excluding diaryl/α,β-unsaturated/α-hetero) is 1. The number of carbonyl (C=O) groups excluding carboxylic acids is 2. The Morgan fingerprint density at radius 3 is 1.80 bits per heavy atom. The van der Waals surface area contributed by atoms with Gasteiger partial charge in [-0.3, -0.25) is 15.0 Å². The molecule has 0 fully saturated rings. The van der Waals surface area contributed by atoms with Gasteiger partial charge in [0.25, 0.3) is 0 Å². The van der Waals surface area contributed by atoms with Gasteiger partial charge in [0.2, 0.25) is 11.7 Å². The normalized spacial score (nSPS) is 13.3. The number of benzene rings is 5. The van der Waals surface area contributed by atoms with E-state index in [1.807, 2.05) is 0 Å². The molecule has 1 amide bonds. The molecule has 0 spiro atoms. The van der Waals surface area contributed by atoms with E-state index in [4.69, 9.17) is 17.2 Å². The fraction of sp³-hybridized carbons (Fsp3) is 0.0278. The van der Waals surface area contributed by atoms with Gasteiger partial charge in [-0.1, -0.05) is 0 Å². The van der Waals surface area contributed by atoms with Crippen LogP contribution in [0.5, 0.6) is 0 Å². The Balaban J connectivity index is 0.00000363. The Bertz CT molecular complexity index is 3120. The molecule has 0 radical (unpaired) electrons. The van der Waals surface area contributed by atoms with E-state index in [1.54, 1.807) is 12.1 Å². The van der Waals surface area contributed by atoms with Crippen molar-refractivity contribution in [3.05, 3.63) is 107 Å². The maximum Gasteiger partial charge on any atom is 1.00 e. The zero-order valence-electron chi connectivity index (χ0n) is 33.9. The van der Waals surface area contributed by atoms with Crippen molar-refractivity contribution in [3.8, 4) is 0 Å². The van der Waals surface area contributed by atoms with Crippen molar-refractivity contribution >= 4 is 116 Å². The van der Waals surface area contributed by atoms with Crippen LogP contribution in [0.3, 0.4) is 0 Å². The van der Waals surface area contributed by atoms with Crippen LogP contribution in [0.15, 0.2) is 131 Å². The van der Waals surface area contributed by atoms with Gasteiger partial charge in [0.15, 0.2) is 0 Å². The number of hydrogen-bond donors (Lipinski definition) is 6. The monoisotopic (exact) mass is 955 g/mol. The van der Waals surface area contributed by atoms with Gasteiger partial charge in [-0.25, -0.2) is 25.3 Å². The molecule has 0 unspecified atom stereocenters. The molecule has 0 bridgehead atoms. The Kier molecular flexibility index (Phi) is 18.3. The Morgan fingerprint density at radius 2 is 1.22 bits per heavy atom. The van der Waals surface area contributed by atoms with E-state index in [0.717, 1.165) is 12.1 Å². The van der Waals surface area contributed by atoms with Gasteiger partial charge < -0.3 is 41.5 Å². The third-order valence-electron chi connectivity index (χ3n) is 8.31. The van der Waals surface area contributed by atoms with E-state index >= 15 is 0 Å². The number of amides is 1. The second-order valence-corrected chi connectivity index (χ2v) is 16.7. The van der Waals surface area contributed by atoms with Crippen molar-refractivity contribution in [2.45, 2.75) is 16.7 Å². The number of carbonyl (C=O) groups is 2. The Hall–Kier alpha value is -4.42. The molecule has 9 N–H and O–H groups in total. The topological polar surface area (TPSA) is 382 Å². The first-order valence-corrected chi connectivity index (χ1v) is 21.1. The van der Waals surface area contributed by atoms with Gasteiger partial charge in [0.05, 0.1) is 54.4 Å². The summed E-state index contributed by atoms with van der Waals surface area (Å²) in [5, 5.41) is 24.8. The number of rotatable bonds is 12. The molecule has 6 rings (SSSR count). The Morgan fingerprint density at radius 1 is 0.641 bits per heavy atom. The summed E-state index contributed by atoms with van der Waals surface area (Å²) >= 11 is 0. The van der Waals surface area contributed by atoms with Gasteiger partial charge in [0.1, 0.15) is 47.4 Å². The molecule has 0 saturated carbocycles. The first-order chi connectivity index (χ1) is 28.6. The minimum Gasteiger partial charge on any atom is -0.744 e. The van der Waals surface area contributed by atoms with Crippen molar-refractivity contribution in [1.29, 1.82) is 0 Å². The zero-order chi connectivity index (χ0) is 44.4. The predicted molar refractivity (Wildman–Crippen MR) is 220 cm³/mol. The second kappa shape index (κ2) is 21.7. The zero-order valence-corrected chi connectivity index (χ0v) is 42.4. The van der Waals surface area contributed by atoms with Gasteiger partial charge in [-0.05, 0) is 103 Å². The average molecular weight is 956 g/mol. The smallest absolute Gasteiger partial charge is 0.744 e. The van der Waals surface area contributed by atoms with Crippen LogP contribution in [-0.4, -0.2) is 56.3 Å². The van der Waals surface area contributed by atoms with Crippen LogP contribution in [0.25, 0.3) is 6.08 Å². The number of nitrogens with zero attached hydrogens (tertiary/aromatic N) is 5. The van der Waals surface area contributed by atoms with Crippen LogP contribution in [-0.2, 0) is 35.1 Å². The van der Waals surface area contributed by atoms with Crippen molar-refractivity contribution in [2.24, 2.45) is 25.6 Å². The quantitative estimate of drug-likeness (QED) is 0.0231. The molecule has 0 atom stereocenters. The van der Waals surface area contributed by atoms with Crippen molar-refractivity contribution < 1.29 is 137 Å². The number of allylic oxidation sites excluding steroid dienone is 1. The number of nitrogen functional groups attached to an aromatic ring is 3. The van der Waals surface area contributed by atoms with Gasteiger partial charge in [-0.2, -0.15) is 15.3 Å². The molecule has 5 aromatic rings. The second-order valence-electron chi connectivity index (χ2n) is 12.7.